The van der Waals surface area contributed by atoms with Gasteiger partial charge in [-0.05, 0) is 12.1 Å². The van der Waals surface area contributed by atoms with Crippen molar-refractivity contribution < 1.29 is 27.8 Å². The van der Waals surface area contributed by atoms with Crippen LogP contribution < -0.4 is 4.72 Å². The van der Waals surface area contributed by atoms with Gasteiger partial charge in [0, 0.05) is 11.3 Å². The molecule has 2 rings (SSSR count). The first-order valence-electron chi connectivity index (χ1n) is 5.52. The summed E-state index contributed by atoms with van der Waals surface area (Å²) in [5.41, 5.74) is 0.950. The topological polar surface area (TPSA) is 102 Å². The van der Waals surface area contributed by atoms with Gasteiger partial charge >= 0.3 is 5.97 Å². The minimum absolute atomic E-state index is 0.276. The number of carbonyl (C=O) groups is 1. The maximum absolute atomic E-state index is 11.5. The normalized spacial score (nSPS) is 16.4. The average Bonchev–Trinajstić information content (AvgIpc) is 2.79. The van der Waals surface area contributed by atoms with Crippen LogP contribution >= 0.6 is 0 Å². The molecule has 0 aliphatic carbocycles. The molecule has 0 bridgehead atoms. The Balaban J connectivity index is 2.12. The number of aliphatic carboxylic acids is 1. The van der Waals surface area contributed by atoms with E-state index in [2.05, 4.69) is 4.72 Å². The monoisotopic (exact) mass is 287 g/mol. The van der Waals surface area contributed by atoms with Crippen molar-refractivity contribution in [1.82, 2.24) is 0 Å². The van der Waals surface area contributed by atoms with Gasteiger partial charge in [-0.3, -0.25) is 9.52 Å². The van der Waals surface area contributed by atoms with E-state index in [9.17, 15) is 13.2 Å². The number of hydrogen-bond acceptors (Lipinski definition) is 5. The summed E-state index contributed by atoms with van der Waals surface area (Å²) in [4.78, 5) is 10.4. The molecule has 0 spiro atoms. The van der Waals surface area contributed by atoms with Crippen molar-refractivity contribution in [2.75, 3.05) is 23.7 Å². The Bertz CT molecular complexity index is 564. The molecule has 0 unspecified atom stereocenters. The molecule has 19 heavy (non-hydrogen) atoms. The molecule has 1 aromatic rings. The zero-order chi connectivity index (χ0) is 13.9. The van der Waals surface area contributed by atoms with Crippen LogP contribution in [0.1, 0.15) is 11.9 Å². The molecule has 1 saturated heterocycles. The van der Waals surface area contributed by atoms with Crippen LogP contribution in [0.3, 0.4) is 0 Å². The van der Waals surface area contributed by atoms with Crippen molar-refractivity contribution in [3.63, 3.8) is 0 Å². The van der Waals surface area contributed by atoms with Crippen LogP contribution in [-0.2, 0) is 24.3 Å². The zero-order valence-corrected chi connectivity index (χ0v) is 10.7. The minimum Gasteiger partial charge on any atom is -0.480 e. The summed E-state index contributed by atoms with van der Waals surface area (Å²) in [6, 6.07) is 6.46. The van der Waals surface area contributed by atoms with Crippen LogP contribution in [0.5, 0.6) is 0 Å². The van der Waals surface area contributed by atoms with E-state index in [0.29, 0.717) is 18.8 Å². The quantitative estimate of drug-likeness (QED) is 0.820. The lowest BCUT2D eigenvalue weighted by Gasteiger charge is -2.11. The molecule has 0 atom stereocenters. The summed E-state index contributed by atoms with van der Waals surface area (Å²) in [5.74, 6) is -2.39. The van der Waals surface area contributed by atoms with Crippen molar-refractivity contribution >= 4 is 21.7 Å². The first-order chi connectivity index (χ1) is 8.96. The van der Waals surface area contributed by atoms with Crippen LogP contribution in [-0.4, -0.2) is 38.5 Å². The van der Waals surface area contributed by atoms with E-state index in [-0.39, 0.29) is 5.69 Å². The third kappa shape index (κ3) is 3.91. The Morgan fingerprint density at radius 3 is 2.68 bits per heavy atom. The van der Waals surface area contributed by atoms with E-state index in [0.717, 1.165) is 0 Å². The second kappa shape index (κ2) is 5.55. The Hall–Kier alpha value is -1.64. The van der Waals surface area contributed by atoms with Gasteiger partial charge in [0.1, 0.15) is 0 Å². The number of hydrogen-bond donors (Lipinski definition) is 2. The predicted octanol–water partition coefficient (Wildman–Crippen LogP) is 0.558. The smallest absolute Gasteiger partial charge is 0.320 e. The number of carboxylic acid groups (broad SMARTS) is 1. The number of rotatable bonds is 5. The molecule has 0 amide bonds. The Kier molecular flexibility index (Phi) is 4.03. The standard InChI is InChI=1S/C11H13NO6S/c13-10(14)7-19(15,16)12-9-3-1-2-8(6-9)11-17-4-5-18-11/h1-3,6,11-12H,4-5,7H2,(H,13,14). The van der Waals surface area contributed by atoms with E-state index >= 15 is 0 Å². The number of ether oxygens (including phenoxy) is 2. The van der Waals surface area contributed by atoms with Crippen molar-refractivity contribution in [1.29, 1.82) is 0 Å². The van der Waals surface area contributed by atoms with Crippen molar-refractivity contribution in [2.45, 2.75) is 6.29 Å². The summed E-state index contributed by atoms with van der Waals surface area (Å²) in [6.45, 7) is 0.971. The molecule has 1 aliphatic heterocycles. The van der Waals surface area contributed by atoms with Gasteiger partial charge in [0.15, 0.2) is 12.0 Å². The Morgan fingerprint density at radius 1 is 1.37 bits per heavy atom. The summed E-state index contributed by atoms with van der Waals surface area (Å²) in [7, 11) is -3.91. The van der Waals surface area contributed by atoms with Gasteiger partial charge in [-0.25, -0.2) is 8.42 Å². The molecule has 7 nitrogen and oxygen atoms in total. The lowest BCUT2D eigenvalue weighted by Crippen LogP contribution is -2.22. The van der Waals surface area contributed by atoms with Crippen molar-refractivity contribution in [3.8, 4) is 0 Å². The fourth-order valence-electron chi connectivity index (χ4n) is 1.68. The molecule has 2 N–H and O–H groups in total. The fourth-order valence-corrected chi connectivity index (χ4v) is 2.56. The van der Waals surface area contributed by atoms with Gasteiger partial charge in [0.05, 0.1) is 13.2 Å². The first-order valence-corrected chi connectivity index (χ1v) is 7.17. The van der Waals surface area contributed by atoms with Gasteiger partial charge in [-0.15, -0.1) is 0 Å². The first kappa shape index (κ1) is 13.8. The van der Waals surface area contributed by atoms with Crippen molar-refractivity contribution in [3.05, 3.63) is 29.8 Å². The fraction of sp³-hybridized carbons (Fsp3) is 0.364. The molecule has 1 heterocycles. The molecule has 1 fully saturated rings. The molecule has 0 radical (unpaired) electrons. The molecular formula is C11H13NO6S. The molecule has 8 heteroatoms. The minimum atomic E-state index is -3.91. The van der Waals surface area contributed by atoms with Gasteiger partial charge in [0.25, 0.3) is 0 Å². The van der Waals surface area contributed by atoms with Crippen LogP contribution in [0.25, 0.3) is 0 Å². The van der Waals surface area contributed by atoms with Crippen LogP contribution in [0.15, 0.2) is 24.3 Å². The number of sulfonamides is 1. The number of anilines is 1. The maximum Gasteiger partial charge on any atom is 0.320 e. The van der Waals surface area contributed by atoms with E-state index in [1.165, 1.54) is 6.07 Å². The lowest BCUT2D eigenvalue weighted by atomic mass is 10.2. The summed E-state index contributed by atoms with van der Waals surface area (Å²) in [5, 5.41) is 8.50. The molecule has 1 aliphatic rings. The van der Waals surface area contributed by atoms with Crippen molar-refractivity contribution in [2.24, 2.45) is 0 Å². The number of nitrogens with one attached hydrogen (secondary N) is 1. The largest absolute Gasteiger partial charge is 0.480 e. The summed E-state index contributed by atoms with van der Waals surface area (Å²) < 4.78 is 35.8. The highest BCUT2D eigenvalue weighted by Gasteiger charge is 2.20. The van der Waals surface area contributed by atoms with E-state index in [1.54, 1.807) is 18.2 Å². The van der Waals surface area contributed by atoms with Gasteiger partial charge < -0.3 is 14.6 Å². The predicted molar refractivity (Wildman–Crippen MR) is 66.1 cm³/mol. The molecule has 0 saturated carbocycles. The van der Waals surface area contributed by atoms with Crippen LogP contribution in [0.4, 0.5) is 5.69 Å². The second-order valence-electron chi connectivity index (χ2n) is 3.95. The third-order valence-electron chi connectivity index (χ3n) is 2.37. The molecular weight excluding hydrogens is 274 g/mol. The van der Waals surface area contributed by atoms with Gasteiger partial charge in [0.2, 0.25) is 10.0 Å². The highest BCUT2D eigenvalue weighted by atomic mass is 32.2. The van der Waals surface area contributed by atoms with E-state index in [1.807, 2.05) is 0 Å². The highest BCUT2D eigenvalue weighted by Crippen LogP contribution is 2.25. The molecule has 0 aromatic heterocycles. The maximum atomic E-state index is 11.5. The number of benzene rings is 1. The average molecular weight is 287 g/mol. The van der Waals surface area contributed by atoms with E-state index < -0.39 is 28.0 Å². The van der Waals surface area contributed by atoms with Crippen LogP contribution in [0.2, 0.25) is 0 Å². The molecule has 1 aromatic carbocycles. The van der Waals surface area contributed by atoms with Gasteiger partial charge in [-0.2, -0.15) is 0 Å². The Morgan fingerprint density at radius 2 is 2.05 bits per heavy atom. The SMILES string of the molecule is O=C(O)CS(=O)(=O)Nc1cccc(C2OCCO2)c1. The lowest BCUT2D eigenvalue weighted by molar-refractivity contribution is -0.134. The second-order valence-corrected chi connectivity index (χ2v) is 5.68. The Labute approximate surface area is 110 Å². The molecule has 104 valence electrons. The van der Waals surface area contributed by atoms with Gasteiger partial charge in [-0.1, -0.05) is 12.1 Å². The summed E-state index contributed by atoms with van der Waals surface area (Å²) >= 11 is 0. The third-order valence-corrected chi connectivity index (χ3v) is 3.54. The number of carboxylic acids is 1. The van der Waals surface area contributed by atoms with Crippen LogP contribution in [0, 0.1) is 0 Å². The zero-order valence-electron chi connectivity index (χ0n) is 9.90. The van der Waals surface area contributed by atoms with E-state index in [4.69, 9.17) is 14.6 Å². The highest BCUT2D eigenvalue weighted by molar-refractivity contribution is 7.93. The summed E-state index contributed by atoms with van der Waals surface area (Å²) in [6.07, 6.45) is -0.510.